The number of hydrogen-bond acceptors (Lipinski definition) is 3. The van der Waals surface area contributed by atoms with E-state index in [4.69, 9.17) is 11.6 Å². The lowest BCUT2D eigenvalue weighted by molar-refractivity contribution is -0.142. The predicted octanol–water partition coefficient (Wildman–Crippen LogP) is 3.60. The molecule has 1 aliphatic rings. The van der Waals surface area contributed by atoms with Crippen molar-refractivity contribution < 1.29 is 13.2 Å². The first-order valence-electron chi connectivity index (χ1n) is 9.28. The third-order valence-corrected chi connectivity index (χ3v) is 5.02. The van der Waals surface area contributed by atoms with Crippen LogP contribution in [0.3, 0.4) is 0 Å². The van der Waals surface area contributed by atoms with Gasteiger partial charge in [0.15, 0.2) is 11.7 Å². The van der Waals surface area contributed by atoms with Crippen molar-refractivity contribution in [1.29, 1.82) is 0 Å². The molecule has 30 heavy (non-hydrogen) atoms. The first kappa shape index (κ1) is 24.7. The van der Waals surface area contributed by atoms with Crippen LogP contribution in [0, 0.1) is 0 Å². The van der Waals surface area contributed by atoms with E-state index in [1.165, 1.54) is 17.9 Å². The maximum atomic E-state index is 13.1. The standard InChI is InChI=1S/C19H24ClF3N6.HI/c1-24-18(25-11-15-13-27(2)26-17(15)19(21,22)23)29-8-6-28(7-9-29)12-14-4-3-5-16(20)10-14;/h3-5,10,13H,6-9,11-12H2,1-2H3,(H,24,25);1H. The Balaban J connectivity index is 0.00000320. The van der Waals surface area contributed by atoms with E-state index in [0.29, 0.717) is 5.96 Å². The Hall–Kier alpha value is -1.53. The summed E-state index contributed by atoms with van der Waals surface area (Å²) in [4.78, 5) is 8.60. The first-order valence-corrected chi connectivity index (χ1v) is 9.66. The Morgan fingerprint density at radius 2 is 1.93 bits per heavy atom. The van der Waals surface area contributed by atoms with Crippen LogP contribution >= 0.6 is 35.6 Å². The van der Waals surface area contributed by atoms with Gasteiger partial charge in [0.25, 0.3) is 0 Å². The number of piperazine rings is 1. The summed E-state index contributed by atoms with van der Waals surface area (Å²) in [6, 6.07) is 7.80. The zero-order chi connectivity index (χ0) is 21.0. The molecule has 0 radical (unpaired) electrons. The van der Waals surface area contributed by atoms with Crippen molar-refractivity contribution in [2.75, 3.05) is 33.2 Å². The van der Waals surface area contributed by atoms with Gasteiger partial charge < -0.3 is 10.2 Å². The third kappa shape index (κ3) is 6.48. The number of aryl methyl sites for hydroxylation is 1. The molecule has 3 rings (SSSR count). The zero-order valence-electron chi connectivity index (χ0n) is 16.8. The predicted molar refractivity (Wildman–Crippen MR) is 122 cm³/mol. The van der Waals surface area contributed by atoms with Crippen LogP contribution in [-0.2, 0) is 26.3 Å². The Morgan fingerprint density at radius 1 is 1.23 bits per heavy atom. The highest BCUT2D eigenvalue weighted by Gasteiger charge is 2.36. The second kappa shape index (κ2) is 10.7. The van der Waals surface area contributed by atoms with E-state index in [9.17, 15) is 13.2 Å². The van der Waals surface area contributed by atoms with Gasteiger partial charge in [0, 0.05) is 70.1 Å². The van der Waals surface area contributed by atoms with Gasteiger partial charge in [0.05, 0.1) is 0 Å². The molecule has 1 fully saturated rings. The van der Waals surface area contributed by atoms with Crippen molar-refractivity contribution in [1.82, 2.24) is 24.9 Å². The lowest BCUT2D eigenvalue weighted by Gasteiger charge is -2.36. The molecule has 0 aliphatic carbocycles. The monoisotopic (exact) mass is 556 g/mol. The van der Waals surface area contributed by atoms with Crippen molar-refractivity contribution in [3.63, 3.8) is 0 Å². The van der Waals surface area contributed by atoms with Gasteiger partial charge in [-0.25, -0.2) is 0 Å². The fourth-order valence-corrected chi connectivity index (χ4v) is 3.64. The van der Waals surface area contributed by atoms with Crippen LogP contribution in [0.15, 0.2) is 35.5 Å². The second-order valence-electron chi connectivity index (χ2n) is 6.97. The van der Waals surface area contributed by atoms with Crippen LogP contribution in [0.25, 0.3) is 0 Å². The fraction of sp³-hybridized carbons (Fsp3) is 0.474. The van der Waals surface area contributed by atoms with Gasteiger partial charge in [-0.3, -0.25) is 14.6 Å². The zero-order valence-corrected chi connectivity index (χ0v) is 19.9. The van der Waals surface area contributed by atoms with Crippen LogP contribution in [0.4, 0.5) is 13.2 Å². The SMILES string of the molecule is CN=C(NCc1cn(C)nc1C(F)(F)F)N1CCN(Cc2cccc(Cl)c2)CC1.I. The van der Waals surface area contributed by atoms with Gasteiger partial charge in [0.2, 0.25) is 0 Å². The van der Waals surface area contributed by atoms with Crippen LogP contribution in [0.1, 0.15) is 16.8 Å². The quantitative estimate of drug-likeness (QED) is 0.355. The smallest absolute Gasteiger partial charge is 0.352 e. The average molecular weight is 557 g/mol. The molecule has 0 bridgehead atoms. The van der Waals surface area contributed by atoms with Crippen molar-refractivity contribution >= 4 is 41.5 Å². The molecular weight excluding hydrogens is 532 g/mol. The summed E-state index contributed by atoms with van der Waals surface area (Å²) < 4.78 is 40.5. The fourth-order valence-electron chi connectivity index (χ4n) is 3.42. The van der Waals surface area contributed by atoms with Gasteiger partial charge in [-0.1, -0.05) is 23.7 Å². The molecule has 166 valence electrons. The van der Waals surface area contributed by atoms with Crippen molar-refractivity contribution in [2.45, 2.75) is 19.3 Å². The number of hydrogen-bond donors (Lipinski definition) is 1. The Labute approximate surface area is 196 Å². The summed E-state index contributed by atoms with van der Waals surface area (Å²) in [5, 5.41) is 7.30. The molecule has 6 nitrogen and oxygen atoms in total. The molecule has 0 saturated carbocycles. The number of halogens is 5. The van der Waals surface area contributed by atoms with Gasteiger partial charge >= 0.3 is 6.18 Å². The Morgan fingerprint density at radius 3 is 2.53 bits per heavy atom. The molecule has 1 aliphatic heterocycles. The molecule has 0 unspecified atom stereocenters. The number of guanidine groups is 1. The topological polar surface area (TPSA) is 48.7 Å². The Bertz CT molecular complexity index is 862. The summed E-state index contributed by atoms with van der Waals surface area (Å²) in [6.07, 6.45) is -3.10. The molecule has 0 amide bonds. The second-order valence-corrected chi connectivity index (χ2v) is 7.40. The highest BCUT2D eigenvalue weighted by molar-refractivity contribution is 14.0. The normalized spacial score (nSPS) is 15.8. The lowest BCUT2D eigenvalue weighted by atomic mass is 10.2. The number of alkyl halides is 3. The molecular formula is C19H25ClF3IN6. The number of aliphatic imine (C=N–C) groups is 1. The molecule has 0 spiro atoms. The van der Waals surface area contributed by atoms with E-state index in [2.05, 4.69) is 25.2 Å². The minimum absolute atomic E-state index is 0. The molecule has 2 heterocycles. The largest absolute Gasteiger partial charge is 0.435 e. The Kier molecular flexibility index (Phi) is 8.80. The van der Waals surface area contributed by atoms with Crippen LogP contribution in [0.2, 0.25) is 5.02 Å². The van der Waals surface area contributed by atoms with Crippen molar-refractivity contribution in [3.05, 3.63) is 52.3 Å². The summed E-state index contributed by atoms with van der Waals surface area (Å²) in [6.45, 7) is 3.95. The van der Waals surface area contributed by atoms with E-state index in [1.54, 1.807) is 7.05 Å². The maximum absolute atomic E-state index is 13.1. The molecule has 1 aromatic carbocycles. The number of nitrogens with zero attached hydrogens (tertiary/aromatic N) is 5. The maximum Gasteiger partial charge on any atom is 0.435 e. The third-order valence-electron chi connectivity index (χ3n) is 4.79. The van der Waals surface area contributed by atoms with Crippen LogP contribution in [0.5, 0.6) is 0 Å². The summed E-state index contributed by atoms with van der Waals surface area (Å²) in [5.74, 6) is 0.587. The molecule has 2 aromatic rings. The van der Waals surface area contributed by atoms with Crippen molar-refractivity contribution in [2.24, 2.45) is 12.0 Å². The van der Waals surface area contributed by atoms with E-state index in [1.807, 2.05) is 24.3 Å². The van der Waals surface area contributed by atoms with Crippen molar-refractivity contribution in [3.8, 4) is 0 Å². The lowest BCUT2D eigenvalue weighted by Crippen LogP contribution is -2.52. The first-order chi connectivity index (χ1) is 13.8. The molecule has 1 N–H and O–H groups in total. The minimum atomic E-state index is -4.48. The minimum Gasteiger partial charge on any atom is -0.352 e. The number of benzene rings is 1. The van der Waals surface area contributed by atoms with Gasteiger partial charge in [0.1, 0.15) is 0 Å². The molecule has 1 saturated heterocycles. The van der Waals surface area contributed by atoms with Crippen LogP contribution in [-0.4, -0.2) is 58.8 Å². The molecule has 1 aromatic heterocycles. The highest BCUT2D eigenvalue weighted by atomic mass is 127. The van der Waals surface area contributed by atoms with Gasteiger partial charge in [-0.2, -0.15) is 18.3 Å². The summed E-state index contributed by atoms with van der Waals surface area (Å²) >= 11 is 6.05. The number of aromatic nitrogens is 2. The number of nitrogens with one attached hydrogen (secondary N) is 1. The summed E-state index contributed by atoms with van der Waals surface area (Å²) in [5.41, 5.74) is 0.389. The molecule has 0 atom stereocenters. The van der Waals surface area contributed by atoms with E-state index >= 15 is 0 Å². The van der Waals surface area contributed by atoms with Crippen LogP contribution < -0.4 is 5.32 Å². The summed E-state index contributed by atoms with van der Waals surface area (Å²) in [7, 11) is 3.11. The molecule has 11 heteroatoms. The van der Waals surface area contributed by atoms with E-state index < -0.39 is 11.9 Å². The van der Waals surface area contributed by atoms with Gasteiger partial charge in [-0.15, -0.1) is 24.0 Å². The number of rotatable bonds is 4. The van der Waals surface area contributed by atoms with Gasteiger partial charge in [-0.05, 0) is 17.7 Å². The highest BCUT2D eigenvalue weighted by Crippen LogP contribution is 2.30. The van der Waals surface area contributed by atoms with E-state index in [0.717, 1.165) is 43.3 Å². The van der Waals surface area contributed by atoms with E-state index in [-0.39, 0.29) is 36.1 Å². The average Bonchev–Trinajstić information content (AvgIpc) is 3.05.